The highest BCUT2D eigenvalue weighted by Gasteiger charge is 2.08. The highest BCUT2D eigenvalue weighted by atomic mass is 32.1. The molecular formula is C22H24N2O3S. The molecule has 3 rings (SSSR count). The standard InChI is InChI=1S/C22H24N2O3S/c23-22(25)24(28)19-9-6-10-20(16-19)26-13-4-1-5-14-27-21-12-11-17-7-2-3-8-18(17)15-21/h2-3,6-12,15-16,28H,1,4-5,13-14H2,(H2,23,25). The maximum atomic E-state index is 11.2. The molecule has 0 aliphatic rings. The van der Waals surface area contributed by atoms with Crippen molar-refractivity contribution >= 4 is 35.3 Å². The first kappa shape index (κ1) is 19.9. The summed E-state index contributed by atoms with van der Waals surface area (Å²) in [5, 5.41) is 2.40. The number of anilines is 1. The minimum Gasteiger partial charge on any atom is -0.494 e. The molecule has 6 heteroatoms. The number of fused-ring (bicyclic) bond motifs is 1. The predicted molar refractivity (Wildman–Crippen MR) is 116 cm³/mol. The molecule has 0 saturated carbocycles. The van der Waals surface area contributed by atoms with Crippen molar-refractivity contribution in [3.8, 4) is 11.5 Å². The molecule has 5 nitrogen and oxygen atoms in total. The van der Waals surface area contributed by atoms with Crippen LogP contribution in [-0.4, -0.2) is 19.2 Å². The lowest BCUT2D eigenvalue weighted by molar-refractivity contribution is 0.257. The summed E-state index contributed by atoms with van der Waals surface area (Å²) in [4.78, 5) is 11.2. The Kier molecular flexibility index (Phi) is 7.03. The number of amides is 2. The van der Waals surface area contributed by atoms with Crippen LogP contribution in [0.3, 0.4) is 0 Å². The topological polar surface area (TPSA) is 64.8 Å². The Morgan fingerprint density at radius 3 is 2.21 bits per heavy atom. The number of nitrogens with two attached hydrogens (primary N) is 1. The number of rotatable bonds is 9. The van der Waals surface area contributed by atoms with Gasteiger partial charge in [-0.2, -0.15) is 0 Å². The SMILES string of the molecule is NC(=O)N(S)c1cccc(OCCCCCOc2ccc3ccccc3c2)c1. The molecule has 0 unspecified atom stereocenters. The van der Waals surface area contributed by atoms with Gasteiger partial charge < -0.3 is 15.2 Å². The van der Waals surface area contributed by atoms with Crippen molar-refractivity contribution in [3.63, 3.8) is 0 Å². The molecule has 0 aromatic heterocycles. The van der Waals surface area contributed by atoms with Crippen molar-refractivity contribution in [3.05, 3.63) is 66.7 Å². The molecule has 0 heterocycles. The van der Waals surface area contributed by atoms with E-state index < -0.39 is 6.03 Å². The molecule has 28 heavy (non-hydrogen) atoms. The first-order chi connectivity index (χ1) is 13.6. The number of thiol groups is 1. The number of nitrogens with zero attached hydrogens (tertiary/aromatic N) is 1. The monoisotopic (exact) mass is 396 g/mol. The lowest BCUT2D eigenvalue weighted by atomic mass is 10.1. The Morgan fingerprint density at radius 1 is 0.821 bits per heavy atom. The summed E-state index contributed by atoms with van der Waals surface area (Å²) in [6.07, 6.45) is 2.89. The van der Waals surface area contributed by atoms with E-state index in [4.69, 9.17) is 15.2 Å². The number of primary amides is 1. The lowest BCUT2D eigenvalue weighted by Crippen LogP contribution is -2.27. The fourth-order valence-corrected chi connectivity index (χ4v) is 2.97. The average Bonchev–Trinajstić information content (AvgIpc) is 2.72. The third-order valence-electron chi connectivity index (χ3n) is 4.32. The first-order valence-electron chi connectivity index (χ1n) is 9.26. The van der Waals surface area contributed by atoms with Crippen LogP contribution in [0.5, 0.6) is 11.5 Å². The second-order valence-electron chi connectivity index (χ2n) is 6.41. The second-order valence-corrected chi connectivity index (χ2v) is 6.81. The van der Waals surface area contributed by atoms with Gasteiger partial charge in [-0.05, 0) is 54.3 Å². The molecule has 0 bridgehead atoms. The quantitative estimate of drug-likeness (QED) is 0.386. The molecule has 0 saturated heterocycles. The summed E-state index contributed by atoms with van der Waals surface area (Å²) in [6, 6.07) is 20.9. The number of ether oxygens (including phenoxy) is 2. The molecule has 3 aromatic carbocycles. The summed E-state index contributed by atoms with van der Waals surface area (Å²) in [5.74, 6) is 1.59. The number of urea groups is 1. The van der Waals surface area contributed by atoms with E-state index in [1.165, 1.54) is 10.8 Å². The van der Waals surface area contributed by atoms with Crippen LogP contribution >= 0.6 is 12.8 Å². The highest BCUT2D eigenvalue weighted by molar-refractivity contribution is 7.82. The summed E-state index contributed by atoms with van der Waals surface area (Å²) < 4.78 is 12.7. The van der Waals surface area contributed by atoms with Gasteiger partial charge in [-0.15, -0.1) is 0 Å². The van der Waals surface area contributed by atoms with E-state index in [2.05, 4.69) is 37.1 Å². The molecule has 0 aliphatic heterocycles. The molecule has 0 fully saturated rings. The zero-order valence-corrected chi connectivity index (χ0v) is 16.5. The number of hydrogen-bond acceptors (Lipinski definition) is 4. The summed E-state index contributed by atoms with van der Waals surface area (Å²) in [5.41, 5.74) is 5.79. The van der Waals surface area contributed by atoms with E-state index in [9.17, 15) is 4.79 Å². The van der Waals surface area contributed by atoms with Crippen molar-refractivity contribution in [1.82, 2.24) is 0 Å². The van der Waals surface area contributed by atoms with Crippen LogP contribution in [0.25, 0.3) is 10.8 Å². The normalized spacial score (nSPS) is 10.6. The summed E-state index contributed by atoms with van der Waals surface area (Å²) in [6.45, 7) is 1.28. The minimum absolute atomic E-state index is 0.581. The number of unbranched alkanes of at least 4 members (excludes halogenated alkanes) is 2. The zero-order valence-electron chi connectivity index (χ0n) is 15.6. The first-order valence-corrected chi connectivity index (χ1v) is 9.66. The van der Waals surface area contributed by atoms with Crippen molar-refractivity contribution in [2.24, 2.45) is 5.73 Å². The second kappa shape index (κ2) is 9.90. The van der Waals surface area contributed by atoms with E-state index in [1.807, 2.05) is 24.3 Å². The molecule has 0 aliphatic carbocycles. The maximum Gasteiger partial charge on any atom is 0.329 e. The van der Waals surface area contributed by atoms with Crippen LogP contribution in [0.1, 0.15) is 19.3 Å². The van der Waals surface area contributed by atoms with Crippen molar-refractivity contribution in [2.45, 2.75) is 19.3 Å². The molecule has 146 valence electrons. The van der Waals surface area contributed by atoms with E-state index in [0.717, 1.165) is 29.3 Å². The van der Waals surface area contributed by atoms with Gasteiger partial charge in [0.25, 0.3) is 0 Å². The fraction of sp³-hybridized carbons (Fsp3) is 0.227. The Hall–Kier alpha value is -2.86. The van der Waals surface area contributed by atoms with Crippen LogP contribution < -0.4 is 19.5 Å². The number of hydrogen-bond donors (Lipinski definition) is 2. The van der Waals surface area contributed by atoms with Gasteiger partial charge in [0.05, 0.1) is 18.9 Å². The number of carbonyl (C=O) groups excluding carboxylic acids is 1. The molecule has 2 N–H and O–H groups in total. The Balaban J connectivity index is 1.35. The Morgan fingerprint density at radius 2 is 1.50 bits per heavy atom. The van der Waals surface area contributed by atoms with Gasteiger partial charge in [-0.25, -0.2) is 9.10 Å². The number of carbonyl (C=O) groups is 1. The van der Waals surface area contributed by atoms with E-state index in [-0.39, 0.29) is 0 Å². The van der Waals surface area contributed by atoms with Gasteiger partial charge in [0, 0.05) is 6.07 Å². The molecule has 2 amide bonds. The Bertz CT molecular complexity index is 932. The van der Waals surface area contributed by atoms with Crippen LogP contribution in [0.15, 0.2) is 66.7 Å². The highest BCUT2D eigenvalue weighted by Crippen LogP contribution is 2.23. The van der Waals surface area contributed by atoms with Gasteiger partial charge in [0.15, 0.2) is 0 Å². The zero-order chi connectivity index (χ0) is 19.8. The van der Waals surface area contributed by atoms with Gasteiger partial charge in [-0.1, -0.05) is 49.2 Å². The van der Waals surface area contributed by atoms with Gasteiger partial charge >= 0.3 is 6.03 Å². The van der Waals surface area contributed by atoms with Crippen LogP contribution in [0.2, 0.25) is 0 Å². The largest absolute Gasteiger partial charge is 0.494 e. The number of benzene rings is 3. The molecular weight excluding hydrogens is 372 g/mol. The summed E-state index contributed by atoms with van der Waals surface area (Å²) in [7, 11) is 0. The van der Waals surface area contributed by atoms with Crippen molar-refractivity contribution in [1.29, 1.82) is 0 Å². The third kappa shape index (κ3) is 5.57. The van der Waals surface area contributed by atoms with Crippen LogP contribution in [0.4, 0.5) is 10.5 Å². The summed E-state index contributed by atoms with van der Waals surface area (Å²) >= 11 is 4.05. The van der Waals surface area contributed by atoms with Crippen molar-refractivity contribution in [2.75, 3.05) is 17.5 Å². The maximum absolute atomic E-state index is 11.2. The van der Waals surface area contributed by atoms with Gasteiger partial charge in [-0.3, -0.25) is 0 Å². The van der Waals surface area contributed by atoms with E-state index in [1.54, 1.807) is 18.2 Å². The lowest BCUT2D eigenvalue weighted by Gasteiger charge is -2.14. The molecule has 0 atom stereocenters. The van der Waals surface area contributed by atoms with Crippen LogP contribution in [0, 0.1) is 0 Å². The van der Waals surface area contributed by atoms with E-state index in [0.29, 0.717) is 24.7 Å². The van der Waals surface area contributed by atoms with Crippen LogP contribution in [-0.2, 0) is 0 Å². The molecule has 0 spiro atoms. The predicted octanol–water partition coefficient (Wildman–Crippen LogP) is 5.20. The smallest absolute Gasteiger partial charge is 0.329 e. The Labute approximate surface area is 170 Å². The third-order valence-corrected chi connectivity index (χ3v) is 4.75. The molecule has 0 radical (unpaired) electrons. The fourth-order valence-electron chi connectivity index (χ4n) is 2.85. The average molecular weight is 397 g/mol. The van der Waals surface area contributed by atoms with Crippen molar-refractivity contribution < 1.29 is 14.3 Å². The van der Waals surface area contributed by atoms with E-state index >= 15 is 0 Å². The molecule has 3 aromatic rings. The minimum atomic E-state index is -0.633. The van der Waals surface area contributed by atoms with Gasteiger partial charge in [0.1, 0.15) is 11.5 Å². The van der Waals surface area contributed by atoms with Gasteiger partial charge in [0.2, 0.25) is 0 Å².